The number of hydrogen-bond acceptors (Lipinski definition) is 8. The first-order valence-corrected chi connectivity index (χ1v) is 13.8. The van der Waals surface area contributed by atoms with Gasteiger partial charge in [0.2, 0.25) is 11.8 Å². The lowest BCUT2D eigenvalue weighted by Crippen LogP contribution is -2.48. The minimum absolute atomic E-state index is 0.0227. The minimum Gasteiger partial charge on any atom is -0.508 e. The highest BCUT2D eigenvalue weighted by Crippen LogP contribution is 2.43. The van der Waals surface area contributed by atoms with E-state index >= 15 is 0 Å². The average Bonchev–Trinajstić information content (AvgIpc) is 2.86. The van der Waals surface area contributed by atoms with Gasteiger partial charge in [-0.15, -0.1) is 0 Å². The van der Waals surface area contributed by atoms with Crippen molar-refractivity contribution >= 4 is 11.8 Å². The van der Waals surface area contributed by atoms with Crippen molar-refractivity contribution in [2.24, 2.45) is 0 Å². The molecule has 10 nitrogen and oxygen atoms in total. The molecule has 0 bridgehead atoms. The monoisotopic (exact) mass is 534 g/mol. The summed E-state index contributed by atoms with van der Waals surface area (Å²) in [6.07, 6.45) is 3.44. The number of amides is 2. The van der Waals surface area contributed by atoms with Gasteiger partial charge in [0.25, 0.3) is 0 Å². The largest absolute Gasteiger partial charge is 0.508 e. The van der Waals surface area contributed by atoms with Gasteiger partial charge in [-0.05, 0) is 48.6 Å². The van der Waals surface area contributed by atoms with E-state index in [1.54, 1.807) is 12.1 Å². The third-order valence-electron chi connectivity index (χ3n) is 7.57. The van der Waals surface area contributed by atoms with E-state index in [0.717, 1.165) is 0 Å². The van der Waals surface area contributed by atoms with E-state index < -0.39 is 10.8 Å². The molecule has 2 amide bonds. The van der Waals surface area contributed by atoms with Crippen molar-refractivity contribution < 1.29 is 29.3 Å². The van der Waals surface area contributed by atoms with Crippen LogP contribution in [0.5, 0.6) is 11.5 Å². The lowest BCUT2D eigenvalue weighted by molar-refractivity contribution is -0.129. The van der Waals surface area contributed by atoms with Crippen LogP contribution < -0.4 is 10.9 Å². The Morgan fingerprint density at radius 1 is 0.737 bits per heavy atom. The van der Waals surface area contributed by atoms with Crippen LogP contribution in [0.15, 0.2) is 12.1 Å². The van der Waals surface area contributed by atoms with Gasteiger partial charge in [0.1, 0.15) is 11.5 Å². The fourth-order valence-electron chi connectivity index (χ4n) is 5.13. The number of carbonyl (C=O) groups excluding carboxylic acids is 2. The van der Waals surface area contributed by atoms with Gasteiger partial charge >= 0.3 is 0 Å². The van der Waals surface area contributed by atoms with Gasteiger partial charge < -0.3 is 19.7 Å². The van der Waals surface area contributed by atoms with Gasteiger partial charge in [-0.2, -0.15) is 0 Å². The predicted molar refractivity (Wildman–Crippen MR) is 145 cm³/mol. The first-order valence-electron chi connectivity index (χ1n) is 13.8. The molecule has 0 radical (unpaired) electrons. The van der Waals surface area contributed by atoms with Gasteiger partial charge in [0.15, 0.2) is 0 Å². The van der Waals surface area contributed by atoms with Crippen LogP contribution in [0.4, 0.5) is 0 Å². The molecule has 0 aromatic heterocycles. The molecule has 0 saturated carbocycles. The van der Waals surface area contributed by atoms with Crippen LogP contribution in [0.2, 0.25) is 0 Å². The zero-order chi connectivity index (χ0) is 27.8. The van der Waals surface area contributed by atoms with E-state index in [1.165, 1.54) is 0 Å². The summed E-state index contributed by atoms with van der Waals surface area (Å²) in [5.74, 6) is 0.230. The topological polar surface area (TPSA) is 124 Å². The first-order chi connectivity index (χ1) is 18.0. The van der Waals surface area contributed by atoms with Crippen molar-refractivity contribution in [2.45, 2.75) is 77.0 Å². The Kier molecular flexibility index (Phi) is 10.8. The second-order valence-electron chi connectivity index (χ2n) is 11.6. The lowest BCUT2D eigenvalue weighted by Gasteiger charge is -2.31. The third kappa shape index (κ3) is 8.83. The minimum atomic E-state index is -0.430. The van der Waals surface area contributed by atoms with Crippen LogP contribution >= 0.6 is 0 Å². The maximum absolute atomic E-state index is 12.3. The Bertz CT molecular complexity index is 864. The Morgan fingerprint density at radius 2 is 1.08 bits per heavy atom. The van der Waals surface area contributed by atoms with Gasteiger partial charge in [-0.1, -0.05) is 27.7 Å². The molecular weight excluding hydrogens is 488 g/mol. The molecule has 0 unspecified atom stereocenters. The number of hydrogen-bond donors (Lipinski definition) is 4. The molecule has 0 atom stereocenters. The van der Waals surface area contributed by atoms with Gasteiger partial charge in [0.05, 0.1) is 26.4 Å². The maximum Gasteiger partial charge on any atom is 0.234 e. The molecule has 2 aliphatic heterocycles. The molecule has 214 valence electrons. The second-order valence-corrected chi connectivity index (χ2v) is 11.6. The summed E-state index contributed by atoms with van der Waals surface area (Å²) in [6, 6.07) is 3.32. The SMILES string of the molecule is CC(C)(CCCC(=O)NN1CCOCC1)c1cc(O)c(C(C)(C)CCCC(=O)NN2CCOCC2)cc1O. The molecule has 38 heavy (non-hydrogen) atoms. The van der Waals surface area contributed by atoms with Crippen LogP contribution in [0, 0.1) is 0 Å². The van der Waals surface area contributed by atoms with Crippen molar-refractivity contribution in [3.05, 3.63) is 23.3 Å². The van der Waals surface area contributed by atoms with Crippen molar-refractivity contribution in [3.8, 4) is 11.5 Å². The fraction of sp³-hybridized carbons (Fsp3) is 0.714. The summed E-state index contributed by atoms with van der Waals surface area (Å²) < 4.78 is 10.6. The fourth-order valence-corrected chi connectivity index (χ4v) is 5.13. The summed E-state index contributed by atoms with van der Waals surface area (Å²) in [5, 5.41) is 25.7. The molecule has 2 aliphatic rings. The number of phenolic OH excluding ortho intramolecular Hbond substituents is 2. The average molecular weight is 535 g/mol. The van der Waals surface area contributed by atoms with Crippen molar-refractivity contribution in [1.82, 2.24) is 20.9 Å². The van der Waals surface area contributed by atoms with Crippen molar-refractivity contribution in [2.75, 3.05) is 52.6 Å². The number of nitrogens with zero attached hydrogens (tertiary/aromatic N) is 2. The van der Waals surface area contributed by atoms with E-state index in [1.807, 2.05) is 37.7 Å². The van der Waals surface area contributed by atoms with E-state index in [0.29, 0.717) is 102 Å². The summed E-state index contributed by atoms with van der Waals surface area (Å²) in [4.78, 5) is 24.6. The van der Waals surface area contributed by atoms with Crippen LogP contribution in [-0.2, 0) is 29.9 Å². The number of benzene rings is 1. The highest BCUT2D eigenvalue weighted by atomic mass is 16.5. The number of aromatic hydroxyl groups is 2. The van der Waals surface area contributed by atoms with Crippen molar-refractivity contribution in [1.29, 1.82) is 0 Å². The van der Waals surface area contributed by atoms with E-state index in [4.69, 9.17) is 9.47 Å². The third-order valence-corrected chi connectivity index (χ3v) is 7.57. The molecule has 4 N–H and O–H groups in total. The zero-order valence-electron chi connectivity index (χ0n) is 23.5. The molecule has 0 aliphatic carbocycles. The molecule has 3 rings (SSSR count). The van der Waals surface area contributed by atoms with Crippen LogP contribution in [0.25, 0.3) is 0 Å². The Morgan fingerprint density at radius 3 is 1.42 bits per heavy atom. The first kappa shape index (κ1) is 30.1. The normalized spacial score (nSPS) is 17.8. The van der Waals surface area contributed by atoms with Gasteiger partial charge in [-0.25, -0.2) is 10.0 Å². The molecule has 2 heterocycles. The van der Waals surface area contributed by atoms with Gasteiger partial charge in [0, 0.05) is 50.1 Å². The number of ether oxygens (including phenoxy) is 2. The van der Waals surface area contributed by atoms with Crippen molar-refractivity contribution in [3.63, 3.8) is 0 Å². The highest BCUT2D eigenvalue weighted by Gasteiger charge is 2.30. The number of hydrazine groups is 2. The molecule has 10 heteroatoms. The van der Waals surface area contributed by atoms with E-state index in [-0.39, 0.29) is 23.3 Å². The lowest BCUT2D eigenvalue weighted by atomic mass is 9.75. The number of morpholine rings is 2. The Hall–Kier alpha value is -2.40. The Labute approximate surface area is 226 Å². The second kappa shape index (κ2) is 13.6. The number of phenols is 2. The summed E-state index contributed by atoms with van der Waals surface area (Å²) in [5.41, 5.74) is 6.31. The number of rotatable bonds is 12. The molecule has 1 aromatic rings. The highest BCUT2D eigenvalue weighted by molar-refractivity contribution is 5.75. The van der Waals surface area contributed by atoms with E-state index in [9.17, 15) is 19.8 Å². The molecule has 0 spiro atoms. The summed E-state index contributed by atoms with van der Waals surface area (Å²) in [6.45, 7) is 13.3. The number of nitrogens with one attached hydrogen (secondary N) is 2. The molecular formula is C28H46N4O6. The smallest absolute Gasteiger partial charge is 0.234 e. The predicted octanol–water partition coefficient (Wildman–Crippen LogP) is 2.72. The summed E-state index contributed by atoms with van der Waals surface area (Å²) >= 11 is 0. The Balaban J connectivity index is 1.51. The molecule has 1 aromatic carbocycles. The van der Waals surface area contributed by atoms with Crippen LogP contribution in [-0.4, -0.2) is 84.7 Å². The molecule has 2 fully saturated rings. The standard InChI is InChI=1S/C28H46N4O6/c1-27(2,9-5-7-25(35)29-31-11-15-37-16-12-31)21-19-24(34)22(20-23(21)33)28(3,4)10-6-8-26(36)30-32-13-17-38-18-14-32/h19-20,33-34H,5-18H2,1-4H3,(H,29,35)(H,30,36). The molecule has 2 saturated heterocycles. The number of carbonyl (C=O) groups is 2. The van der Waals surface area contributed by atoms with Crippen LogP contribution in [0.1, 0.15) is 77.3 Å². The maximum atomic E-state index is 12.3. The summed E-state index contributed by atoms with van der Waals surface area (Å²) in [7, 11) is 0. The quantitative estimate of drug-likeness (QED) is 0.302. The zero-order valence-corrected chi connectivity index (χ0v) is 23.5. The van der Waals surface area contributed by atoms with E-state index in [2.05, 4.69) is 10.9 Å². The van der Waals surface area contributed by atoms with Gasteiger partial charge in [-0.3, -0.25) is 20.4 Å². The van der Waals surface area contributed by atoms with Crippen LogP contribution in [0.3, 0.4) is 0 Å².